The van der Waals surface area contributed by atoms with Crippen LogP contribution in [0.4, 0.5) is 13.2 Å². The maximum absolute atomic E-state index is 12.6. The SMILES string of the molecule is Cc1cc(Cl)c(C(C)C)cc1OC(CN)C(F)(F)F. The van der Waals surface area contributed by atoms with Gasteiger partial charge in [-0.25, -0.2) is 0 Å². The van der Waals surface area contributed by atoms with Crippen LogP contribution in [0.15, 0.2) is 12.1 Å². The molecule has 1 aromatic rings. The van der Waals surface area contributed by atoms with E-state index in [0.717, 1.165) is 5.56 Å². The Morgan fingerprint density at radius 2 is 1.89 bits per heavy atom. The Bertz CT molecular complexity index is 446. The Balaban J connectivity index is 3.10. The number of aryl methyl sites for hydroxylation is 1. The molecule has 1 aromatic carbocycles. The molecule has 0 heterocycles. The van der Waals surface area contributed by atoms with Crippen molar-refractivity contribution in [2.75, 3.05) is 6.54 Å². The van der Waals surface area contributed by atoms with Crippen molar-refractivity contribution in [1.82, 2.24) is 0 Å². The summed E-state index contributed by atoms with van der Waals surface area (Å²) in [4.78, 5) is 0. The normalized spacial score (nSPS) is 13.7. The Morgan fingerprint density at radius 1 is 1.32 bits per heavy atom. The second-order valence-corrected chi connectivity index (χ2v) is 5.08. The van der Waals surface area contributed by atoms with Gasteiger partial charge in [0.05, 0.1) is 0 Å². The van der Waals surface area contributed by atoms with Crippen molar-refractivity contribution < 1.29 is 17.9 Å². The molecule has 2 nitrogen and oxygen atoms in total. The van der Waals surface area contributed by atoms with Crippen molar-refractivity contribution in [3.05, 3.63) is 28.3 Å². The first-order chi connectivity index (χ1) is 8.66. The molecule has 0 amide bonds. The molecule has 0 fully saturated rings. The summed E-state index contributed by atoms with van der Waals surface area (Å²) in [6, 6.07) is 3.16. The maximum atomic E-state index is 12.6. The molecule has 19 heavy (non-hydrogen) atoms. The predicted octanol–water partition coefficient (Wildman–Crippen LogP) is 4.04. The Labute approximate surface area is 115 Å². The lowest BCUT2D eigenvalue weighted by Crippen LogP contribution is -2.40. The van der Waals surface area contributed by atoms with Gasteiger partial charge >= 0.3 is 6.18 Å². The first-order valence-corrected chi connectivity index (χ1v) is 6.28. The van der Waals surface area contributed by atoms with E-state index in [2.05, 4.69) is 0 Å². The van der Waals surface area contributed by atoms with Gasteiger partial charge in [-0.2, -0.15) is 13.2 Å². The average molecular weight is 296 g/mol. The van der Waals surface area contributed by atoms with Crippen LogP contribution in [0.25, 0.3) is 0 Å². The molecule has 2 N–H and O–H groups in total. The molecule has 0 spiro atoms. The van der Waals surface area contributed by atoms with Gasteiger partial charge in [-0.1, -0.05) is 25.4 Å². The van der Waals surface area contributed by atoms with E-state index >= 15 is 0 Å². The molecule has 0 saturated carbocycles. The highest BCUT2D eigenvalue weighted by Crippen LogP contribution is 2.33. The molecule has 1 rings (SSSR count). The number of benzene rings is 1. The van der Waals surface area contributed by atoms with Crippen LogP contribution in [0.5, 0.6) is 5.75 Å². The van der Waals surface area contributed by atoms with E-state index in [9.17, 15) is 13.2 Å². The quantitative estimate of drug-likeness (QED) is 0.910. The van der Waals surface area contributed by atoms with Crippen molar-refractivity contribution in [2.45, 2.75) is 39.0 Å². The average Bonchev–Trinajstić information content (AvgIpc) is 2.25. The second kappa shape index (κ2) is 6.01. The van der Waals surface area contributed by atoms with Crippen LogP contribution < -0.4 is 10.5 Å². The number of ether oxygens (including phenoxy) is 1. The van der Waals surface area contributed by atoms with Crippen LogP contribution in [-0.2, 0) is 0 Å². The van der Waals surface area contributed by atoms with E-state index in [1.54, 1.807) is 19.1 Å². The van der Waals surface area contributed by atoms with Gasteiger partial charge in [0.25, 0.3) is 0 Å². The highest BCUT2D eigenvalue weighted by atomic mass is 35.5. The minimum absolute atomic E-state index is 0.0951. The van der Waals surface area contributed by atoms with Crippen LogP contribution in [0.3, 0.4) is 0 Å². The third-order valence-corrected chi connectivity index (χ3v) is 3.09. The fourth-order valence-electron chi connectivity index (χ4n) is 1.64. The van der Waals surface area contributed by atoms with Crippen molar-refractivity contribution >= 4 is 11.6 Å². The van der Waals surface area contributed by atoms with E-state index in [0.29, 0.717) is 10.6 Å². The van der Waals surface area contributed by atoms with Gasteiger partial charge in [-0.3, -0.25) is 0 Å². The van der Waals surface area contributed by atoms with Gasteiger partial charge in [-0.15, -0.1) is 0 Å². The zero-order valence-electron chi connectivity index (χ0n) is 11.0. The number of hydrogen-bond acceptors (Lipinski definition) is 2. The molecule has 0 aliphatic rings. The van der Waals surface area contributed by atoms with Gasteiger partial charge in [0.2, 0.25) is 6.10 Å². The van der Waals surface area contributed by atoms with Gasteiger partial charge < -0.3 is 10.5 Å². The number of nitrogens with two attached hydrogens (primary N) is 1. The summed E-state index contributed by atoms with van der Waals surface area (Å²) >= 11 is 6.05. The molecule has 0 aromatic heterocycles. The van der Waals surface area contributed by atoms with E-state index in [1.807, 2.05) is 13.8 Å². The zero-order chi connectivity index (χ0) is 14.8. The summed E-state index contributed by atoms with van der Waals surface area (Å²) in [7, 11) is 0. The van der Waals surface area contributed by atoms with E-state index < -0.39 is 18.8 Å². The molecule has 0 radical (unpaired) electrons. The topological polar surface area (TPSA) is 35.2 Å². The van der Waals surface area contributed by atoms with Crippen molar-refractivity contribution in [1.29, 1.82) is 0 Å². The first-order valence-electron chi connectivity index (χ1n) is 5.90. The van der Waals surface area contributed by atoms with Crippen LogP contribution in [0, 0.1) is 6.92 Å². The zero-order valence-corrected chi connectivity index (χ0v) is 11.8. The summed E-state index contributed by atoms with van der Waals surface area (Å²) in [6.07, 6.45) is -6.49. The monoisotopic (exact) mass is 295 g/mol. The maximum Gasteiger partial charge on any atom is 0.426 e. The molecule has 1 unspecified atom stereocenters. The highest BCUT2D eigenvalue weighted by Gasteiger charge is 2.41. The smallest absolute Gasteiger partial charge is 0.426 e. The van der Waals surface area contributed by atoms with Crippen LogP contribution in [-0.4, -0.2) is 18.8 Å². The van der Waals surface area contributed by atoms with Crippen molar-refractivity contribution in [3.8, 4) is 5.75 Å². The molecule has 0 aliphatic carbocycles. The Kier molecular flexibility index (Phi) is 5.10. The van der Waals surface area contributed by atoms with Gasteiger partial charge in [0.1, 0.15) is 5.75 Å². The number of halogens is 4. The first kappa shape index (κ1) is 16.1. The fourth-order valence-corrected chi connectivity index (χ4v) is 2.08. The van der Waals surface area contributed by atoms with Crippen LogP contribution >= 0.6 is 11.6 Å². The minimum atomic E-state index is -4.49. The predicted molar refractivity (Wildman–Crippen MR) is 69.8 cm³/mol. The molecule has 108 valence electrons. The summed E-state index contributed by atoms with van der Waals surface area (Å²) in [5.41, 5.74) is 6.42. The molecular weight excluding hydrogens is 279 g/mol. The summed E-state index contributed by atoms with van der Waals surface area (Å²) in [6.45, 7) is 4.84. The number of rotatable bonds is 4. The lowest BCUT2D eigenvalue weighted by molar-refractivity contribution is -0.191. The Morgan fingerprint density at radius 3 is 2.32 bits per heavy atom. The molecule has 0 aliphatic heterocycles. The van der Waals surface area contributed by atoms with Crippen LogP contribution in [0.1, 0.15) is 30.9 Å². The largest absolute Gasteiger partial charge is 0.479 e. The highest BCUT2D eigenvalue weighted by molar-refractivity contribution is 6.31. The third-order valence-electron chi connectivity index (χ3n) is 2.76. The summed E-state index contributed by atoms with van der Waals surface area (Å²) in [5.74, 6) is 0.263. The Hall–Kier alpha value is -0.940. The van der Waals surface area contributed by atoms with Gasteiger partial charge in [0.15, 0.2) is 0 Å². The second-order valence-electron chi connectivity index (χ2n) is 4.68. The molecule has 6 heteroatoms. The number of alkyl halides is 3. The number of hydrogen-bond donors (Lipinski definition) is 1. The van der Waals surface area contributed by atoms with E-state index in [-0.39, 0.29) is 11.7 Å². The van der Waals surface area contributed by atoms with E-state index in [1.165, 1.54) is 0 Å². The molecule has 1 atom stereocenters. The molecular formula is C13H17ClF3NO. The lowest BCUT2D eigenvalue weighted by Gasteiger charge is -2.22. The standard InChI is InChI=1S/C13H17ClF3NO/c1-7(2)9-5-11(8(3)4-10(9)14)19-12(6-18)13(15,16)17/h4-5,7,12H,6,18H2,1-3H3. The molecule has 0 bridgehead atoms. The van der Waals surface area contributed by atoms with Crippen molar-refractivity contribution in [2.24, 2.45) is 5.73 Å². The third kappa shape index (κ3) is 4.01. The van der Waals surface area contributed by atoms with Gasteiger partial charge in [0, 0.05) is 11.6 Å². The minimum Gasteiger partial charge on any atom is -0.479 e. The fraction of sp³-hybridized carbons (Fsp3) is 0.538. The van der Waals surface area contributed by atoms with Gasteiger partial charge in [-0.05, 0) is 36.1 Å². The van der Waals surface area contributed by atoms with Crippen molar-refractivity contribution in [3.63, 3.8) is 0 Å². The van der Waals surface area contributed by atoms with Crippen LogP contribution in [0.2, 0.25) is 5.02 Å². The lowest BCUT2D eigenvalue weighted by atomic mass is 10.0. The molecule has 0 saturated heterocycles. The summed E-state index contributed by atoms with van der Waals surface area (Å²) < 4.78 is 42.9. The van der Waals surface area contributed by atoms with E-state index in [4.69, 9.17) is 22.1 Å². The summed E-state index contributed by atoms with van der Waals surface area (Å²) in [5, 5.41) is 0.524.